The number of benzene rings is 1. The molecule has 11 nitrogen and oxygen atoms in total. The number of anilines is 1. The van der Waals surface area contributed by atoms with E-state index >= 15 is 0 Å². The number of methoxy groups -OCH3 is 1. The maximum Gasteiger partial charge on any atom is 0.374 e. The Morgan fingerprint density at radius 3 is 2.43 bits per heavy atom. The molecule has 0 unspecified atom stereocenters. The Balaban J connectivity index is 1.30. The molecule has 3 fully saturated rings. The number of amides is 3. The molecule has 2 saturated carbocycles. The average molecular weight is 657 g/mol. The number of nitrogens with one attached hydrogen (secondary N) is 1. The number of carbonyl (C=O) groups is 4. The van der Waals surface area contributed by atoms with Crippen molar-refractivity contribution in [1.82, 2.24) is 9.80 Å². The van der Waals surface area contributed by atoms with Crippen LogP contribution in [0.15, 0.2) is 28.7 Å². The Hall–Kier alpha value is -3.51. The molecule has 0 radical (unpaired) electrons. The van der Waals surface area contributed by atoms with Crippen LogP contribution < -0.4 is 11.1 Å². The summed E-state index contributed by atoms with van der Waals surface area (Å²) in [6.07, 6.45) is 8.10. The first kappa shape index (κ1) is 34.8. The van der Waals surface area contributed by atoms with Crippen LogP contribution in [-0.4, -0.2) is 92.7 Å². The lowest BCUT2D eigenvalue weighted by atomic mass is 9.75. The van der Waals surface area contributed by atoms with E-state index in [4.69, 9.17) is 19.6 Å². The number of fused-ring (bicyclic) bond motifs is 1. The number of esters is 1. The molecule has 1 saturated heterocycles. The first-order valence-corrected chi connectivity index (χ1v) is 17.0. The number of carbonyl (C=O) groups excluding carboxylic acids is 4. The lowest BCUT2D eigenvalue weighted by molar-refractivity contribution is -0.142. The summed E-state index contributed by atoms with van der Waals surface area (Å²) in [6, 6.07) is 5.83. The Morgan fingerprint density at radius 2 is 1.77 bits per heavy atom. The second kappa shape index (κ2) is 15.6. The predicted octanol–water partition coefficient (Wildman–Crippen LogP) is 4.53. The molecule has 258 valence electrons. The van der Waals surface area contributed by atoms with E-state index in [1.54, 1.807) is 39.4 Å². The van der Waals surface area contributed by atoms with Gasteiger partial charge in [0.2, 0.25) is 17.6 Å². The number of alkyl halides is 1. The molecule has 3 aliphatic rings. The van der Waals surface area contributed by atoms with Crippen LogP contribution in [0.2, 0.25) is 0 Å². The number of ether oxygens (including phenoxy) is 2. The Morgan fingerprint density at radius 1 is 1.04 bits per heavy atom. The predicted molar refractivity (Wildman–Crippen MR) is 174 cm³/mol. The molecule has 0 spiro atoms. The maximum atomic E-state index is 14.1. The molecule has 3 atom stereocenters. The normalized spacial score (nSPS) is 27.0. The molecule has 2 heterocycles. The molecule has 0 bridgehead atoms. The van der Waals surface area contributed by atoms with Gasteiger partial charge in [-0.15, -0.1) is 0 Å². The summed E-state index contributed by atoms with van der Waals surface area (Å²) in [4.78, 5) is 55.6. The minimum absolute atomic E-state index is 0.0249. The van der Waals surface area contributed by atoms with Crippen LogP contribution in [0.3, 0.4) is 0 Å². The molecule has 1 aliphatic heterocycles. The topological polar surface area (TPSA) is 144 Å². The van der Waals surface area contributed by atoms with Gasteiger partial charge in [0.1, 0.15) is 11.6 Å². The number of likely N-dealkylation sites (N-methyl/N-ethyl adjacent to an activating group) is 1. The van der Waals surface area contributed by atoms with Crippen molar-refractivity contribution in [2.75, 3.05) is 46.3 Å². The van der Waals surface area contributed by atoms with Crippen LogP contribution in [0.1, 0.15) is 74.8 Å². The summed E-state index contributed by atoms with van der Waals surface area (Å²) < 4.78 is 29.2. The molecular formula is C35H49FN4O7. The zero-order chi connectivity index (χ0) is 33.7. The van der Waals surface area contributed by atoms with Crippen molar-refractivity contribution in [2.24, 2.45) is 29.4 Å². The average Bonchev–Trinajstić information content (AvgIpc) is 3.72. The van der Waals surface area contributed by atoms with Gasteiger partial charge in [0.05, 0.1) is 12.8 Å². The van der Waals surface area contributed by atoms with Crippen LogP contribution in [0.5, 0.6) is 0 Å². The first-order chi connectivity index (χ1) is 22.6. The van der Waals surface area contributed by atoms with Crippen LogP contribution in [-0.2, 0) is 23.9 Å². The van der Waals surface area contributed by atoms with E-state index in [9.17, 15) is 23.6 Å². The fourth-order valence-corrected chi connectivity index (χ4v) is 7.80. The Kier molecular flexibility index (Phi) is 11.5. The standard InChI is InChI=1S/C35H49FN4O7/c1-39(2)31(41)20-46-35(44)30-19-24-18-25(10-13-29(24)47-30)38-33(42)32-27(21-8-11-26(45-3)12-9-21)15-17-40(32)34(43)23-6-4-22(5-7-23)28(37)14-16-36/h10,13,18-19,21-23,26-28,32H,4-9,11-12,14-17,20,37H2,1-3H3,(H,38,42)/t21?,22?,23?,26?,27-,28+,32-/m0/s1. The lowest BCUT2D eigenvalue weighted by Crippen LogP contribution is -2.50. The van der Waals surface area contributed by atoms with Crippen LogP contribution >= 0.6 is 0 Å². The highest BCUT2D eigenvalue weighted by atomic mass is 19.1. The van der Waals surface area contributed by atoms with Crippen molar-refractivity contribution in [3.05, 3.63) is 30.0 Å². The summed E-state index contributed by atoms with van der Waals surface area (Å²) >= 11 is 0. The SMILES string of the molecule is COC1CCC([C@@H]2CCN(C(=O)C3CCC([C@H](N)CCF)CC3)[C@@H]2C(=O)Nc2ccc3oc(C(=O)OCC(=O)N(C)C)cc3c2)CC1. The maximum absolute atomic E-state index is 14.1. The van der Waals surface area contributed by atoms with Gasteiger partial charge in [-0.2, -0.15) is 0 Å². The van der Waals surface area contributed by atoms with Crippen LogP contribution in [0, 0.1) is 23.7 Å². The highest BCUT2D eigenvalue weighted by Crippen LogP contribution is 2.42. The summed E-state index contributed by atoms with van der Waals surface area (Å²) in [5.41, 5.74) is 7.16. The van der Waals surface area contributed by atoms with Gasteiger partial charge < -0.3 is 34.7 Å². The lowest BCUT2D eigenvalue weighted by Gasteiger charge is -2.37. The molecule has 2 aromatic rings. The van der Waals surface area contributed by atoms with E-state index in [0.717, 1.165) is 44.9 Å². The second-order valence-corrected chi connectivity index (χ2v) is 13.7. The summed E-state index contributed by atoms with van der Waals surface area (Å²) in [7, 11) is 4.88. The smallest absolute Gasteiger partial charge is 0.374 e. The third-order valence-corrected chi connectivity index (χ3v) is 10.6. The fraction of sp³-hybridized carbons (Fsp3) is 0.657. The summed E-state index contributed by atoms with van der Waals surface area (Å²) in [5, 5.41) is 3.65. The molecule has 5 rings (SSSR count). The van der Waals surface area contributed by atoms with Crippen molar-refractivity contribution in [3.8, 4) is 0 Å². The van der Waals surface area contributed by atoms with Crippen molar-refractivity contribution in [3.63, 3.8) is 0 Å². The van der Waals surface area contributed by atoms with Gasteiger partial charge >= 0.3 is 5.97 Å². The number of furan rings is 1. The van der Waals surface area contributed by atoms with Gasteiger partial charge in [-0.05, 0) is 106 Å². The van der Waals surface area contributed by atoms with Gasteiger partial charge in [0, 0.05) is 50.8 Å². The monoisotopic (exact) mass is 656 g/mol. The zero-order valence-electron chi connectivity index (χ0n) is 27.8. The largest absolute Gasteiger partial charge is 0.450 e. The first-order valence-electron chi connectivity index (χ1n) is 17.0. The van der Waals surface area contributed by atoms with Gasteiger partial charge in [-0.3, -0.25) is 18.8 Å². The molecule has 3 N–H and O–H groups in total. The molecule has 3 amide bonds. The molecule has 2 aliphatic carbocycles. The second-order valence-electron chi connectivity index (χ2n) is 13.7. The molecule has 12 heteroatoms. The van der Waals surface area contributed by atoms with Gasteiger partial charge in [-0.1, -0.05) is 0 Å². The molecular weight excluding hydrogens is 607 g/mol. The molecule has 1 aromatic heterocycles. The quantitative estimate of drug-likeness (QED) is 0.336. The highest BCUT2D eigenvalue weighted by molar-refractivity contribution is 6.00. The van der Waals surface area contributed by atoms with Gasteiger partial charge in [0.25, 0.3) is 5.91 Å². The number of halogens is 1. The number of nitrogens with zero attached hydrogens (tertiary/aromatic N) is 2. The van der Waals surface area contributed by atoms with Crippen molar-refractivity contribution in [2.45, 2.75) is 82.4 Å². The van der Waals surface area contributed by atoms with Crippen LogP contribution in [0.25, 0.3) is 11.0 Å². The van der Waals surface area contributed by atoms with Crippen molar-refractivity contribution >= 4 is 40.3 Å². The number of hydrogen-bond donors (Lipinski definition) is 2. The van der Waals surface area contributed by atoms with Crippen molar-refractivity contribution in [1.29, 1.82) is 0 Å². The fourth-order valence-electron chi connectivity index (χ4n) is 7.80. The minimum atomic E-state index is -0.758. The summed E-state index contributed by atoms with van der Waals surface area (Å²) in [5.74, 6) is -0.957. The van der Waals surface area contributed by atoms with Crippen molar-refractivity contribution < 1.29 is 37.5 Å². The van der Waals surface area contributed by atoms with E-state index in [1.165, 1.54) is 11.0 Å². The van der Waals surface area contributed by atoms with Crippen LogP contribution in [0.4, 0.5) is 10.1 Å². The number of likely N-dealkylation sites (tertiary alicyclic amines) is 1. The van der Waals surface area contributed by atoms with E-state index in [-0.39, 0.29) is 53.4 Å². The Labute approximate surface area is 275 Å². The van der Waals surface area contributed by atoms with Gasteiger partial charge in [-0.25, -0.2) is 4.79 Å². The van der Waals surface area contributed by atoms with E-state index in [2.05, 4.69) is 5.32 Å². The molecule has 1 aromatic carbocycles. The number of rotatable bonds is 11. The van der Waals surface area contributed by atoms with Gasteiger partial charge in [0.15, 0.2) is 6.61 Å². The highest BCUT2D eigenvalue weighted by Gasteiger charge is 2.47. The van der Waals surface area contributed by atoms with E-state index in [0.29, 0.717) is 48.4 Å². The third-order valence-electron chi connectivity index (χ3n) is 10.6. The van der Waals surface area contributed by atoms with E-state index < -0.39 is 25.3 Å². The number of hydrogen-bond acceptors (Lipinski definition) is 8. The number of nitrogens with two attached hydrogens (primary N) is 1. The third kappa shape index (κ3) is 8.14. The zero-order valence-corrected chi connectivity index (χ0v) is 27.8. The molecule has 47 heavy (non-hydrogen) atoms. The minimum Gasteiger partial charge on any atom is -0.450 e. The Bertz CT molecular complexity index is 1410. The van der Waals surface area contributed by atoms with E-state index in [1.807, 2.05) is 4.90 Å². The summed E-state index contributed by atoms with van der Waals surface area (Å²) in [6.45, 7) is -0.294.